The maximum atomic E-state index is 11.6. The van der Waals surface area contributed by atoms with E-state index >= 15 is 0 Å². The van der Waals surface area contributed by atoms with Gasteiger partial charge in [-0.3, -0.25) is 9.59 Å². The first kappa shape index (κ1) is 21.7. The Hall–Kier alpha value is -2.57. The van der Waals surface area contributed by atoms with E-state index in [2.05, 4.69) is 15.8 Å². The minimum absolute atomic E-state index is 0.312. The van der Waals surface area contributed by atoms with E-state index in [9.17, 15) is 9.59 Å². The average molecular weight is 422 g/mol. The second-order valence-corrected chi connectivity index (χ2v) is 6.75. The van der Waals surface area contributed by atoms with Gasteiger partial charge in [-0.05, 0) is 48.4 Å². The maximum Gasteiger partial charge on any atom is 0.329 e. The Balaban J connectivity index is 1.81. The minimum atomic E-state index is -0.799. The third kappa shape index (κ3) is 7.21. The quantitative estimate of drug-likeness (QED) is 0.293. The van der Waals surface area contributed by atoms with E-state index in [4.69, 9.17) is 27.9 Å². The van der Waals surface area contributed by atoms with Crippen LogP contribution in [0.25, 0.3) is 0 Å². The SMILES string of the molecule is CCCCNC(=O)C(=O)N/N=C/c1ccc(OCc2ccc(Cl)cc2Cl)cc1. The van der Waals surface area contributed by atoms with E-state index < -0.39 is 11.8 Å². The molecule has 0 aromatic heterocycles. The van der Waals surface area contributed by atoms with Gasteiger partial charge < -0.3 is 10.1 Å². The lowest BCUT2D eigenvalue weighted by atomic mass is 10.2. The molecule has 0 saturated heterocycles. The Bertz CT molecular complexity index is 839. The molecule has 6 nitrogen and oxygen atoms in total. The molecule has 2 aromatic carbocycles. The van der Waals surface area contributed by atoms with Crippen LogP contribution >= 0.6 is 23.2 Å². The van der Waals surface area contributed by atoms with E-state index in [0.717, 1.165) is 24.0 Å². The highest BCUT2D eigenvalue weighted by molar-refractivity contribution is 6.35. The molecule has 0 heterocycles. The molecule has 0 fully saturated rings. The number of nitrogens with zero attached hydrogens (tertiary/aromatic N) is 1. The molecule has 0 spiro atoms. The molecule has 0 saturated carbocycles. The minimum Gasteiger partial charge on any atom is -0.489 e. The number of rotatable bonds is 8. The third-order valence-corrected chi connectivity index (χ3v) is 4.28. The summed E-state index contributed by atoms with van der Waals surface area (Å²) in [5.41, 5.74) is 3.76. The molecule has 2 aromatic rings. The Morgan fingerprint density at radius 1 is 1.11 bits per heavy atom. The van der Waals surface area contributed by atoms with Crippen molar-refractivity contribution in [2.24, 2.45) is 5.10 Å². The van der Waals surface area contributed by atoms with Gasteiger partial charge in [-0.15, -0.1) is 0 Å². The number of ether oxygens (including phenoxy) is 1. The highest BCUT2D eigenvalue weighted by atomic mass is 35.5. The van der Waals surface area contributed by atoms with Gasteiger partial charge >= 0.3 is 11.8 Å². The highest BCUT2D eigenvalue weighted by Gasteiger charge is 2.10. The van der Waals surface area contributed by atoms with Crippen molar-refractivity contribution < 1.29 is 14.3 Å². The van der Waals surface area contributed by atoms with Crippen molar-refractivity contribution in [3.63, 3.8) is 0 Å². The fourth-order valence-corrected chi connectivity index (χ4v) is 2.59. The summed E-state index contributed by atoms with van der Waals surface area (Å²) in [6.07, 6.45) is 3.20. The fourth-order valence-electron chi connectivity index (χ4n) is 2.13. The molecule has 0 unspecified atom stereocenters. The van der Waals surface area contributed by atoms with Gasteiger partial charge in [0.2, 0.25) is 0 Å². The van der Waals surface area contributed by atoms with Crippen molar-refractivity contribution >= 4 is 41.2 Å². The van der Waals surface area contributed by atoms with Crippen molar-refractivity contribution in [3.05, 3.63) is 63.6 Å². The van der Waals surface area contributed by atoms with E-state index in [1.807, 2.05) is 13.0 Å². The zero-order chi connectivity index (χ0) is 20.4. The summed E-state index contributed by atoms with van der Waals surface area (Å²) in [6, 6.07) is 12.3. The molecule has 0 bridgehead atoms. The molecular weight excluding hydrogens is 401 g/mol. The van der Waals surface area contributed by atoms with Crippen LogP contribution in [0.15, 0.2) is 47.6 Å². The average Bonchev–Trinajstić information content (AvgIpc) is 2.68. The zero-order valence-corrected chi connectivity index (χ0v) is 16.9. The van der Waals surface area contributed by atoms with Crippen LogP contribution in [0.4, 0.5) is 0 Å². The number of carbonyl (C=O) groups excluding carboxylic acids is 2. The standard InChI is InChI=1S/C20H21Cl2N3O3/c1-2-3-10-23-19(26)20(27)25-24-12-14-4-8-17(9-5-14)28-13-15-6-7-16(21)11-18(15)22/h4-9,11-12H,2-3,10,13H2,1H3,(H,23,26)(H,25,27)/b24-12+. The molecule has 28 heavy (non-hydrogen) atoms. The first-order chi connectivity index (χ1) is 13.5. The van der Waals surface area contributed by atoms with Crippen LogP contribution < -0.4 is 15.5 Å². The highest BCUT2D eigenvalue weighted by Crippen LogP contribution is 2.22. The largest absolute Gasteiger partial charge is 0.489 e. The van der Waals surface area contributed by atoms with Gasteiger partial charge in [0.25, 0.3) is 0 Å². The van der Waals surface area contributed by atoms with Crippen molar-refractivity contribution in [2.75, 3.05) is 6.54 Å². The molecule has 2 N–H and O–H groups in total. The predicted octanol–water partition coefficient (Wildman–Crippen LogP) is 3.94. The molecule has 0 atom stereocenters. The van der Waals surface area contributed by atoms with Gasteiger partial charge in [0.1, 0.15) is 12.4 Å². The molecule has 0 aliphatic heterocycles. The van der Waals surface area contributed by atoms with Crippen molar-refractivity contribution in [3.8, 4) is 5.75 Å². The fraction of sp³-hybridized carbons (Fsp3) is 0.250. The van der Waals surface area contributed by atoms with Crippen LogP contribution in [-0.4, -0.2) is 24.6 Å². The first-order valence-electron chi connectivity index (χ1n) is 8.77. The van der Waals surface area contributed by atoms with Gasteiger partial charge in [0.05, 0.1) is 6.21 Å². The van der Waals surface area contributed by atoms with E-state index in [0.29, 0.717) is 28.9 Å². The van der Waals surface area contributed by atoms with Gasteiger partial charge in [-0.25, -0.2) is 5.43 Å². The second-order valence-electron chi connectivity index (χ2n) is 5.90. The summed E-state index contributed by atoms with van der Waals surface area (Å²) in [4.78, 5) is 23.1. The summed E-state index contributed by atoms with van der Waals surface area (Å²) in [5, 5.41) is 7.41. The Labute approximate surface area is 173 Å². The molecule has 0 aliphatic rings. The van der Waals surface area contributed by atoms with E-state index in [1.165, 1.54) is 6.21 Å². The number of hydrogen-bond donors (Lipinski definition) is 2. The molecule has 0 radical (unpaired) electrons. The number of nitrogens with one attached hydrogen (secondary N) is 2. The summed E-state index contributed by atoms with van der Waals surface area (Å²) >= 11 is 12.0. The Kier molecular flexibility index (Phi) is 8.78. The van der Waals surface area contributed by atoms with Gasteiger partial charge in [0.15, 0.2) is 0 Å². The van der Waals surface area contributed by atoms with Crippen molar-refractivity contribution in [1.29, 1.82) is 0 Å². The first-order valence-corrected chi connectivity index (χ1v) is 9.53. The van der Waals surface area contributed by atoms with Gasteiger partial charge in [-0.2, -0.15) is 5.10 Å². The Morgan fingerprint density at radius 3 is 2.54 bits per heavy atom. The zero-order valence-electron chi connectivity index (χ0n) is 15.4. The summed E-state index contributed by atoms with van der Waals surface area (Å²) in [7, 11) is 0. The van der Waals surface area contributed by atoms with Crippen LogP contribution in [0.1, 0.15) is 30.9 Å². The van der Waals surface area contributed by atoms with Crippen LogP contribution in [0.3, 0.4) is 0 Å². The number of benzene rings is 2. The number of hydrazone groups is 1. The molecule has 2 rings (SSSR count). The number of unbranched alkanes of at least 4 members (excludes halogenated alkanes) is 1. The van der Waals surface area contributed by atoms with Crippen LogP contribution in [0.2, 0.25) is 10.0 Å². The van der Waals surface area contributed by atoms with Crippen LogP contribution in [0, 0.1) is 0 Å². The number of amides is 2. The van der Waals surface area contributed by atoms with Gasteiger partial charge in [0, 0.05) is 22.2 Å². The molecule has 148 valence electrons. The van der Waals surface area contributed by atoms with Crippen LogP contribution in [0.5, 0.6) is 5.75 Å². The van der Waals surface area contributed by atoms with E-state index in [1.54, 1.807) is 36.4 Å². The normalized spacial score (nSPS) is 10.7. The molecule has 2 amide bonds. The van der Waals surface area contributed by atoms with E-state index in [-0.39, 0.29) is 0 Å². The second kappa shape index (κ2) is 11.3. The lowest BCUT2D eigenvalue weighted by molar-refractivity contribution is -0.139. The van der Waals surface area contributed by atoms with Crippen molar-refractivity contribution in [1.82, 2.24) is 10.7 Å². The van der Waals surface area contributed by atoms with Crippen LogP contribution in [-0.2, 0) is 16.2 Å². The third-order valence-electron chi connectivity index (χ3n) is 3.69. The Morgan fingerprint density at radius 2 is 1.86 bits per heavy atom. The predicted molar refractivity (Wildman–Crippen MR) is 111 cm³/mol. The number of hydrogen-bond acceptors (Lipinski definition) is 4. The number of halogens is 2. The lowest BCUT2D eigenvalue weighted by Crippen LogP contribution is -2.38. The smallest absolute Gasteiger partial charge is 0.329 e. The summed E-state index contributed by atoms with van der Waals surface area (Å²) in [5.74, 6) is -0.843. The topological polar surface area (TPSA) is 79.8 Å². The van der Waals surface area contributed by atoms with Gasteiger partial charge in [-0.1, -0.05) is 42.6 Å². The van der Waals surface area contributed by atoms with Crippen molar-refractivity contribution in [2.45, 2.75) is 26.4 Å². The lowest BCUT2D eigenvalue weighted by Gasteiger charge is -2.08. The number of carbonyl (C=O) groups is 2. The molecular formula is C20H21Cl2N3O3. The maximum absolute atomic E-state index is 11.6. The summed E-state index contributed by atoms with van der Waals surface area (Å²) < 4.78 is 5.69. The summed E-state index contributed by atoms with van der Waals surface area (Å²) in [6.45, 7) is 2.78. The molecule has 8 heteroatoms. The monoisotopic (exact) mass is 421 g/mol. The molecule has 0 aliphatic carbocycles.